The lowest BCUT2D eigenvalue weighted by Crippen LogP contribution is -2.25. The molecule has 0 aromatic carbocycles. The van der Waals surface area contributed by atoms with Crippen molar-refractivity contribution in [3.8, 4) is 0 Å². The van der Waals surface area contributed by atoms with Gasteiger partial charge in [0.15, 0.2) is 0 Å². The largest absolute Gasteiger partial charge is 0.316 e. The maximum atomic E-state index is 10.6. The van der Waals surface area contributed by atoms with Gasteiger partial charge in [0.2, 0.25) is 0 Å². The first-order valence-electron chi connectivity index (χ1n) is 4.17. The zero-order chi connectivity index (χ0) is 8.69. The average molecular weight is 177 g/mol. The van der Waals surface area contributed by atoms with Crippen LogP contribution in [0.5, 0.6) is 0 Å². The van der Waals surface area contributed by atoms with Gasteiger partial charge in [-0.15, -0.1) is 0 Å². The molecular formula is C8H19NOS. The van der Waals surface area contributed by atoms with Crippen LogP contribution in [0.15, 0.2) is 0 Å². The van der Waals surface area contributed by atoms with Gasteiger partial charge in [-0.2, -0.15) is 0 Å². The van der Waals surface area contributed by atoms with E-state index in [1.165, 1.54) is 6.42 Å². The molecule has 68 valence electrons. The summed E-state index contributed by atoms with van der Waals surface area (Å²) in [7, 11) is -0.645. The highest BCUT2D eigenvalue weighted by atomic mass is 32.2. The minimum absolute atomic E-state index is 0.645. The fraction of sp³-hybridized carbons (Fsp3) is 1.00. The van der Waals surface area contributed by atoms with E-state index in [-0.39, 0.29) is 0 Å². The molecule has 3 heteroatoms. The Labute approximate surface area is 72.2 Å². The van der Waals surface area contributed by atoms with Crippen molar-refractivity contribution in [3.63, 3.8) is 0 Å². The third kappa shape index (κ3) is 8.01. The molecule has 1 N–H and O–H groups in total. The second kappa shape index (κ2) is 6.80. The first-order chi connectivity index (χ1) is 5.16. The molecule has 0 saturated heterocycles. The van der Waals surface area contributed by atoms with Crippen LogP contribution >= 0.6 is 0 Å². The molecule has 0 aliphatic carbocycles. The summed E-state index contributed by atoms with van der Waals surface area (Å²) in [6.07, 6.45) is 2.95. The minimum Gasteiger partial charge on any atom is -0.316 e. The fourth-order valence-electron chi connectivity index (χ4n) is 0.709. The van der Waals surface area contributed by atoms with E-state index in [9.17, 15) is 4.21 Å². The summed E-state index contributed by atoms with van der Waals surface area (Å²) >= 11 is 0. The van der Waals surface area contributed by atoms with Gasteiger partial charge in [0.05, 0.1) is 0 Å². The standard InChI is InChI=1S/C8H19NOS/c1-4-8(2)7-9-5-6-11(3)10/h8-9H,4-7H2,1-3H3. The smallest absolute Gasteiger partial charge is 0.0357 e. The number of hydrogen-bond donors (Lipinski definition) is 1. The van der Waals surface area contributed by atoms with Crippen molar-refractivity contribution in [3.05, 3.63) is 0 Å². The van der Waals surface area contributed by atoms with Crippen LogP contribution in [-0.4, -0.2) is 29.3 Å². The molecular weight excluding hydrogens is 158 g/mol. The summed E-state index contributed by atoms with van der Waals surface area (Å²) < 4.78 is 10.6. The Kier molecular flexibility index (Phi) is 6.87. The predicted octanol–water partition coefficient (Wildman–Crippen LogP) is 1.00. The van der Waals surface area contributed by atoms with Gasteiger partial charge in [0.25, 0.3) is 0 Å². The van der Waals surface area contributed by atoms with E-state index in [4.69, 9.17) is 0 Å². The van der Waals surface area contributed by atoms with Gasteiger partial charge in [-0.25, -0.2) is 0 Å². The number of rotatable bonds is 6. The zero-order valence-electron chi connectivity index (χ0n) is 7.72. The van der Waals surface area contributed by atoms with Gasteiger partial charge in [0.1, 0.15) is 0 Å². The van der Waals surface area contributed by atoms with Crippen LogP contribution in [0.3, 0.4) is 0 Å². The lowest BCUT2D eigenvalue weighted by molar-refractivity contribution is 0.510. The van der Waals surface area contributed by atoms with E-state index >= 15 is 0 Å². The van der Waals surface area contributed by atoms with Gasteiger partial charge in [-0.05, 0) is 12.5 Å². The Morgan fingerprint density at radius 3 is 2.64 bits per heavy atom. The van der Waals surface area contributed by atoms with Crippen molar-refractivity contribution < 1.29 is 4.21 Å². The maximum Gasteiger partial charge on any atom is 0.0357 e. The lowest BCUT2D eigenvalue weighted by Gasteiger charge is -2.08. The van der Waals surface area contributed by atoms with Crippen LogP contribution in [0, 0.1) is 5.92 Å². The summed E-state index contributed by atoms with van der Waals surface area (Å²) in [4.78, 5) is 0. The molecule has 0 amide bonds. The predicted molar refractivity (Wildman–Crippen MR) is 51.3 cm³/mol. The average Bonchev–Trinajstić information content (AvgIpc) is 1.97. The summed E-state index contributed by atoms with van der Waals surface area (Å²) in [6, 6.07) is 0. The molecule has 0 rings (SSSR count). The van der Waals surface area contributed by atoms with Gasteiger partial charge in [0, 0.05) is 29.4 Å². The molecule has 0 saturated carbocycles. The topological polar surface area (TPSA) is 29.1 Å². The summed E-state index contributed by atoms with van der Waals surface area (Å²) in [5, 5.41) is 3.27. The summed E-state index contributed by atoms with van der Waals surface area (Å²) in [5.41, 5.74) is 0. The molecule has 0 aromatic heterocycles. The van der Waals surface area contributed by atoms with Crippen LogP contribution in [-0.2, 0) is 10.8 Å². The van der Waals surface area contributed by atoms with Crippen LogP contribution in [0.2, 0.25) is 0 Å². The number of nitrogens with one attached hydrogen (secondary N) is 1. The second-order valence-corrected chi connectivity index (χ2v) is 4.55. The van der Waals surface area contributed by atoms with Crippen LogP contribution in [0.25, 0.3) is 0 Å². The van der Waals surface area contributed by atoms with E-state index in [2.05, 4.69) is 19.2 Å². The molecule has 0 spiro atoms. The van der Waals surface area contributed by atoms with Gasteiger partial charge >= 0.3 is 0 Å². The maximum absolute atomic E-state index is 10.6. The molecule has 0 fully saturated rings. The monoisotopic (exact) mass is 177 g/mol. The second-order valence-electron chi connectivity index (χ2n) is 2.99. The van der Waals surface area contributed by atoms with Crippen molar-refractivity contribution in [1.29, 1.82) is 0 Å². The van der Waals surface area contributed by atoms with Crippen molar-refractivity contribution in [2.24, 2.45) is 5.92 Å². The van der Waals surface area contributed by atoms with E-state index in [1.807, 2.05) is 0 Å². The van der Waals surface area contributed by atoms with Crippen LogP contribution in [0.1, 0.15) is 20.3 Å². The molecule has 0 aromatic rings. The highest BCUT2D eigenvalue weighted by Crippen LogP contribution is 1.96. The van der Waals surface area contributed by atoms with E-state index in [0.29, 0.717) is 0 Å². The van der Waals surface area contributed by atoms with Crippen molar-refractivity contribution in [1.82, 2.24) is 5.32 Å². The Hall–Kier alpha value is 0.110. The minimum atomic E-state index is -0.645. The van der Waals surface area contributed by atoms with Crippen molar-refractivity contribution >= 4 is 10.8 Å². The SMILES string of the molecule is CCC(C)CNCCS(C)=O. The van der Waals surface area contributed by atoms with Crippen molar-refractivity contribution in [2.75, 3.05) is 25.1 Å². The highest BCUT2D eigenvalue weighted by Gasteiger charge is 1.96. The third-order valence-corrected chi connectivity index (χ3v) is 2.54. The Morgan fingerprint density at radius 1 is 1.55 bits per heavy atom. The summed E-state index contributed by atoms with van der Waals surface area (Å²) in [6.45, 7) is 6.33. The quantitative estimate of drug-likeness (QED) is 0.613. The molecule has 0 bridgehead atoms. The third-order valence-electron chi connectivity index (χ3n) is 1.76. The van der Waals surface area contributed by atoms with E-state index < -0.39 is 10.8 Å². The fourth-order valence-corrected chi connectivity index (χ4v) is 1.14. The van der Waals surface area contributed by atoms with Crippen LogP contribution < -0.4 is 5.32 Å². The molecule has 2 nitrogen and oxygen atoms in total. The Morgan fingerprint density at radius 2 is 2.18 bits per heavy atom. The molecule has 0 heterocycles. The van der Waals surface area contributed by atoms with Gasteiger partial charge in [-0.1, -0.05) is 20.3 Å². The summed E-state index contributed by atoms with van der Waals surface area (Å²) in [5.74, 6) is 1.51. The lowest BCUT2D eigenvalue weighted by atomic mass is 10.1. The number of hydrogen-bond acceptors (Lipinski definition) is 2. The molecule has 2 atom stereocenters. The normalized spacial score (nSPS) is 16.3. The molecule has 11 heavy (non-hydrogen) atoms. The molecule has 0 aliphatic heterocycles. The van der Waals surface area contributed by atoms with Crippen LogP contribution in [0.4, 0.5) is 0 Å². The van der Waals surface area contributed by atoms with Gasteiger partial charge < -0.3 is 5.32 Å². The van der Waals surface area contributed by atoms with E-state index in [0.717, 1.165) is 24.8 Å². The Bertz CT molecular complexity index is 117. The first-order valence-corrected chi connectivity index (χ1v) is 5.90. The van der Waals surface area contributed by atoms with Gasteiger partial charge in [-0.3, -0.25) is 4.21 Å². The van der Waals surface area contributed by atoms with E-state index in [1.54, 1.807) is 6.26 Å². The first kappa shape index (κ1) is 11.1. The molecule has 2 unspecified atom stereocenters. The highest BCUT2D eigenvalue weighted by molar-refractivity contribution is 7.84. The van der Waals surface area contributed by atoms with Crippen molar-refractivity contribution in [2.45, 2.75) is 20.3 Å². The zero-order valence-corrected chi connectivity index (χ0v) is 8.54. The molecule has 0 aliphatic rings. The Balaban J connectivity index is 3.08. The molecule has 0 radical (unpaired) electrons.